The van der Waals surface area contributed by atoms with Crippen molar-refractivity contribution in [2.45, 2.75) is 26.0 Å². The SMILES string of the molecule is CC[N+]1(C)CCCC1O. The maximum absolute atomic E-state index is 9.42. The lowest BCUT2D eigenvalue weighted by molar-refractivity contribution is -0.939. The molecule has 2 atom stereocenters. The number of hydrogen-bond acceptors (Lipinski definition) is 1. The Bertz CT molecular complexity index is 105. The molecule has 1 fully saturated rings. The number of likely N-dealkylation sites (tertiary alicyclic amines) is 1. The number of rotatable bonds is 1. The van der Waals surface area contributed by atoms with Gasteiger partial charge in [0.2, 0.25) is 0 Å². The van der Waals surface area contributed by atoms with Crippen LogP contribution in [0.15, 0.2) is 0 Å². The van der Waals surface area contributed by atoms with Crippen LogP contribution < -0.4 is 0 Å². The number of aliphatic hydroxyl groups is 1. The summed E-state index contributed by atoms with van der Waals surface area (Å²) in [5.41, 5.74) is 0. The predicted molar refractivity (Wildman–Crippen MR) is 36.8 cm³/mol. The molecule has 1 saturated heterocycles. The third-order valence-corrected chi connectivity index (χ3v) is 2.57. The molecule has 2 nitrogen and oxygen atoms in total. The van der Waals surface area contributed by atoms with E-state index in [1.165, 1.54) is 6.42 Å². The maximum Gasteiger partial charge on any atom is 0.190 e. The van der Waals surface area contributed by atoms with Crippen molar-refractivity contribution in [2.24, 2.45) is 0 Å². The smallest absolute Gasteiger partial charge is 0.190 e. The number of nitrogens with zero attached hydrogens (tertiary/aromatic N) is 1. The first kappa shape index (κ1) is 7.03. The Morgan fingerprint density at radius 1 is 1.67 bits per heavy atom. The van der Waals surface area contributed by atoms with E-state index in [0.29, 0.717) is 0 Å². The molecule has 1 aliphatic rings. The van der Waals surface area contributed by atoms with Gasteiger partial charge < -0.3 is 9.59 Å². The normalized spacial score (nSPS) is 43.7. The van der Waals surface area contributed by atoms with E-state index < -0.39 is 0 Å². The third-order valence-electron chi connectivity index (χ3n) is 2.57. The van der Waals surface area contributed by atoms with Gasteiger partial charge in [-0.15, -0.1) is 0 Å². The summed E-state index contributed by atoms with van der Waals surface area (Å²) < 4.78 is 0.861. The highest BCUT2D eigenvalue weighted by atomic mass is 16.3. The summed E-state index contributed by atoms with van der Waals surface area (Å²) in [6, 6.07) is 0. The lowest BCUT2D eigenvalue weighted by Crippen LogP contribution is -2.47. The quantitative estimate of drug-likeness (QED) is 0.514. The van der Waals surface area contributed by atoms with Crippen molar-refractivity contribution < 1.29 is 9.59 Å². The van der Waals surface area contributed by atoms with Gasteiger partial charge >= 0.3 is 0 Å². The van der Waals surface area contributed by atoms with Gasteiger partial charge in [0, 0.05) is 12.8 Å². The first-order chi connectivity index (χ1) is 4.19. The Kier molecular flexibility index (Phi) is 1.78. The Labute approximate surface area is 56.7 Å². The van der Waals surface area contributed by atoms with Gasteiger partial charge in [0.1, 0.15) is 0 Å². The molecule has 9 heavy (non-hydrogen) atoms. The molecule has 0 bridgehead atoms. The Balaban J connectivity index is 2.56. The van der Waals surface area contributed by atoms with Gasteiger partial charge in [0.25, 0.3) is 0 Å². The molecule has 0 aromatic carbocycles. The molecule has 1 heterocycles. The number of hydrogen-bond donors (Lipinski definition) is 1. The van der Waals surface area contributed by atoms with E-state index in [2.05, 4.69) is 14.0 Å². The van der Waals surface area contributed by atoms with E-state index in [1.54, 1.807) is 0 Å². The molecule has 0 amide bonds. The van der Waals surface area contributed by atoms with Crippen molar-refractivity contribution in [1.82, 2.24) is 0 Å². The topological polar surface area (TPSA) is 20.2 Å². The molecule has 1 N–H and O–H groups in total. The predicted octanol–water partition coefficient (Wildman–Crippen LogP) is 0.565. The molecule has 54 valence electrons. The minimum Gasteiger partial charge on any atom is -0.345 e. The van der Waals surface area contributed by atoms with Gasteiger partial charge in [-0.3, -0.25) is 0 Å². The van der Waals surface area contributed by atoms with Crippen molar-refractivity contribution in [3.8, 4) is 0 Å². The van der Waals surface area contributed by atoms with Gasteiger partial charge in [-0.05, 0) is 6.92 Å². The maximum atomic E-state index is 9.42. The molecule has 2 heteroatoms. The van der Waals surface area contributed by atoms with Crippen LogP contribution in [-0.4, -0.2) is 36.0 Å². The molecule has 0 spiro atoms. The first-order valence-corrected chi connectivity index (χ1v) is 3.71. The van der Waals surface area contributed by atoms with E-state index in [1.807, 2.05) is 0 Å². The first-order valence-electron chi connectivity index (χ1n) is 3.71. The van der Waals surface area contributed by atoms with Crippen molar-refractivity contribution in [1.29, 1.82) is 0 Å². The largest absolute Gasteiger partial charge is 0.345 e. The zero-order chi connectivity index (χ0) is 6.91. The summed E-state index contributed by atoms with van der Waals surface area (Å²) in [7, 11) is 2.12. The average Bonchev–Trinajstić information content (AvgIpc) is 2.15. The van der Waals surface area contributed by atoms with E-state index >= 15 is 0 Å². The molecule has 0 aromatic rings. The monoisotopic (exact) mass is 130 g/mol. The van der Waals surface area contributed by atoms with Crippen molar-refractivity contribution in [3.05, 3.63) is 0 Å². The standard InChI is InChI=1S/C7H16NO/c1-3-8(2)6-4-5-7(8)9/h7,9H,3-6H2,1-2H3/q+1. The summed E-state index contributed by atoms with van der Waals surface area (Å²) in [6.45, 7) is 4.34. The molecule has 0 aliphatic carbocycles. The summed E-state index contributed by atoms with van der Waals surface area (Å²) >= 11 is 0. The Morgan fingerprint density at radius 2 is 2.33 bits per heavy atom. The van der Waals surface area contributed by atoms with Crippen LogP contribution >= 0.6 is 0 Å². The van der Waals surface area contributed by atoms with E-state index in [9.17, 15) is 5.11 Å². The van der Waals surface area contributed by atoms with Crippen molar-refractivity contribution in [2.75, 3.05) is 20.1 Å². The highest BCUT2D eigenvalue weighted by Crippen LogP contribution is 2.21. The highest BCUT2D eigenvalue weighted by Gasteiger charge is 2.34. The lowest BCUT2D eigenvalue weighted by atomic mass is 10.4. The minimum atomic E-state index is -0.0880. The Hall–Kier alpha value is -0.0800. The summed E-state index contributed by atoms with van der Waals surface area (Å²) in [5, 5.41) is 9.42. The van der Waals surface area contributed by atoms with Crippen molar-refractivity contribution in [3.63, 3.8) is 0 Å². The van der Waals surface area contributed by atoms with Gasteiger partial charge in [0.05, 0.1) is 20.1 Å². The van der Waals surface area contributed by atoms with Gasteiger partial charge in [-0.2, -0.15) is 0 Å². The van der Waals surface area contributed by atoms with Crippen LogP contribution in [0.3, 0.4) is 0 Å². The van der Waals surface area contributed by atoms with Crippen molar-refractivity contribution >= 4 is 0 Å². The molecule has 2 unspecified atom stereocenters. The molecule has 1 aliphatic heterocycles. The fraction of sp³-hybridized carbons (Fsp3) is 1.00. The zero-order valence-electron chi connectivity index (χ0n) is 6.30. The molecule has 0 saturated carbocycles. The summed E-state index contributed by atoms with van der Waals surface area (Å²) in [6.07, 6.45) is 2.09. The van der Waals surface area contributed by atoms with E-state index in [0.717, 1.165) is 24.0 Å². The second-order valence-corrected chi connectivity index (χ2v) is 3.14. The van der Waals surface area contributed by atoms with Crippen LogP contribution in [0.4, 0.5) is 0 Å². The molecule has 0 aromatic heterocycles. The molecular formula is C7H16NO+. The third kappa shape index (κ3) is 1.10. The fourth-order valence-electron chi connectivity index (χ4n) is 1.46. The Morgan fingerprint density at radius 3 is 2.56 bits per heavy atom. The van der Waals surface area contributed by atoms with Gasteiger partial charge in [-0.1, -0.05) is 0 Å². The highest BCUT2D eigenvalue weighted by molar-refractivity contribution is 4.54. The van der Waals surface area contributed by atoms with Gasteiger partial charge in [-0.25, -0.2) is 0 Å². The van der Waals surface area contributed by atoms with Crippen LogP contribution in [0.1, 0.15) is 19.8 Å². The lowest BCUT2D eigenvalue weighted by Gasteiger charge is -2.31. The second-order valence-electron chi connectivity index (χ2n) is 3.14. The van der Waals surface area contributed by atoms with Crippen LogP contribution in [0.25, 0.3) is 0 Å². The van der Waals surface area contributed by atoms with Crippen LogP contribution in [0.5, 0.6) is 0 Å². The zero-order valence-corrected chi connectivity index (χ0v) is 6.30. The van der Waals surface area contributed by atoms with Crippen LogP contribution in [0.2, 0.25) is 0 Å². The summed E-state index contributed by atoms with van der Waals surface area (Å²) in [4.78, 5) is 0. The van der Waals surface area contributed by atoms with Crippen LogP contribution in [-0.2, 0) is 0 Å². The average molecular weight is 130 g/mol. The van der Waals surface area contributed by atoms with Crippen LogP contribution in [0, 0.1) is 0 Å². The molecule has 1 rings (SSSR count). The molecule has 0 radical (unpaired) electrons. The minimum absolute atomic E-state index is 0.0880. The summed E-state index contributed by atoms with van der Waals surface area (Å²) in [5.74, 6) is 0. The number of quaternary nitrogens is 1. The van der Waals surface area contributed by atoms with Gasteiger partial charge in [0.15, 0.2) is 6.23 Å². The van der Waals surface area contributed by atoms with E-state index in [-0.39, 0.29) is 6.23 Å². The number of aliphatic hydroxyl groups excluding tert-OH is 1. The van der Waals surface area contributed by atoms with E-state index in [4.69, 9.17) is 0 Å². The fourth-order valence-corrected chi connectivity index (χ4v) is 1.46. The second kappa shape index (κ2) is 2.27. The molecular weight excluding hydrogens is 114 g/mol.